The van der Waals surface area contributed by atoms with E-state index >= 15 is 0 Å². The first-order valence-electron chi connectivity index (χ1n) is 6.07. The fourth-order valence-electron chi connectivity index (χ4n) is 1.92. The number of aliphatic hydroxyl groups excluding tert-OH is 1. The van der Waals surface area contributed by atoms with Gasteiger partial charge in [0.25, 0.3) is 0 Å². The Morgan fingerprint density at radius 2 is 2.25 bits per heavy atom. The van der Waals surface area contributed by atoms with Gasteiger partial charge in [0.15, 0.2) is 4.34 Å². The summed E-state index contributed by atoms with van der Waals surface area (Å²) in [5.41, 5.74) is 0.754. The number of benzene rings is 1. The molecule has 0 aliphatic rings. The maximum absolute atomic E-state index is 13.3. The average molecular weight is 313 g/mol. The minimum absolute atomic E-state index is 0.0753. The van der Waals surface area contributed by atoms with Crippen molar-refractivity contribution in [1.29, 1.82) is 0 Å². The van der Waals surface area contributed by atoms with Crippen molar-refractivity contribution >= 4 is 23.1 Å². The van der Waals surface area contributed by atoms with Crippen molar-refractivity contribution in [2.24, 2.45) is 0 Å². The summed E-state index contributed by atoms with van der Waals surface area (Å²) in [6, 6.07) is 6.05. The van der Waals surface area contributed by atoms with Gasteiger partial charge in [0, 0.05) is 0 Å². The second-order valence-corrected chi connectivity index (χ2v) is 6.45. The van der Waals surface area contributed by atoms with Gasteiger partial charge in [-0.2, -0.15) is 0 Å². The Balaban J connectivity index is 2.10. The number of rotatable bonds is 6. The number of likely N-dealkylation sites (N-methyl/N-ethyl adjacent to an activating group) is 1. The molecule has 1 aromatic heterocycles. The van der Waals surface area contributed by atoms with Gasteiger partial charge in [-0.1, -0.05) is 35.2 Å². The number of aliphatic hydroxyl groups is 1. The largest absolute Gasteiger partial charge is 0.394 e. The third-order valence-electron chi connectivity index (χ3n) is 2.95. The number of thioether (sulfide) groups is 1. The molecule has 108 valence electrons. The summed E-state index contributed by atoms with van der Waals surface area (Å²) < 4.78 is 14.2. The quantitative estimate of drug-likeness (QED) is 0.831. The zero-order chi connectivity index (χ0) is 14.5. The van der Waals surface area contributed by atoms with Crippen LogP contribution in [0.25, 0.3) is 0 Å². The van der Waals surface area contributed by atoms with Crippen LogP contribution >= 0.6 is 23.1 Å². The van der Waals surface area contributed by atoms with Crippen molar-refractivity contribution in [2.75, 3.05) is 19.9 Å². The van der Waals surface area contributed by atoms with Gasteiger partial charge in [0.05, 0.1) is 19.2 Å². The van der Waals surface area contributed by atoms with Gasteiger partial charge in [-0.15, -0.1) is 10.2 Å². The van der Waals surface area contributed by atoms with Crippen LogP contribution < -0.4 is 0 Å². The Morgan fingerprint density at radius 3 is 2.85 bits per heavy atom. The minimum Gasteiger partial charge on any atom is -0.394 e. The summed E-state index contributed by atoms with van der Waals surface area (Å²) in [5.74, 6) is -0.296. The molecule has 0 amide bonds. The van der Waals surface area contributed by atoms with Crippen LogP contribution in [0.4, 0.5) is 4.39 Å². The van der Waals surface area contributed by atoms with Crippen molar-refractivity contribution in [1.82, 2.24) is 15.1 Å². The van der Waals surface area contributed by atoms with E-state index in [2.05, 4.69) is 10.2 Å². The molecule has 1 aromatic carbocycles. The van der Waals surface area contributed by atoms with E-state index in [0.29, 0.717) is 6.54 Å². The van der Waals surface area contributed by atoms with E-state index in [1.807, 2.05) is 24.3 Å². The molecule has 0 fully saturated rings. The van der Waals surface area contributed by atoms with Crippen LogP contribution in [0.1, 0.15) is 16.6 Å². The van der Waals surface area contributed by atoms with Crippen LogP contribution in [0.2, 0.25) is 0 Å². The lowest BCUT2D eigenvalue weighted by Gasteiger charge is -2.25. The highest BCUT2D eigenvalue weighted by Crippen LogP contribution is 2.24. The Bertz CT molecular complexity index is 564. The maximum Gasteiger partial charge on any atom is 0.174 e. The van der Waals surface area contributed by atoms with E-state index in [4.69, 9.17) is 0 Å². The van der Waals surface area contributed by atoms with E-state index in [0.717, 1.165) is 14.9 Å². The molecule has 1 atom stereocenters. The molecule has 1 heterocycles. The van der Waals surface area contributed by atoms with Gasteiger partial charge in [-0.3, -0.25) is 4.90 Å². The fraction of sp³-hybridized carbons (Fsp3) is 0.385. The third-order valence-corrected chi connectivity index (χ3v) is 4.83. The molecule has 0 saturated heterocycles. The Morgan fingerprint density at radius 1 is 1.45 bits per heavy atom. The zero-order valence-electron chi connectivity index (χ0n) is 11.3. The molecular weight excluding hydrogens is 297 g/mol. The van der Waals surface area contributed by atoms with Crippen LogP contribution in [-0.2, 0) is 6.54 Å². The molecule has 2 aromatic rings. The molecule has 7 heteroatoms. The van der Waals surface area contributed by atoms with Gasteiger partial charge in [0.2, 0.25) is 0 Å². The molecule has 1 unspecified atom stereocenters. The second-order valence-electron chi connectivity index (χ2n) is 4.33. The normalized spacial score (nSPS) is 12.8. The van der Waals surface area contributed by atoms with E-state index in [-0.39, 0.29) is 18.5 Å². The standard InChI is InChI=1S/C13H16FN3OS2/c1-17(7-12-15-16-13(19-2)20-12)11(8-18)9-4-3-5-10(14)6-9/h3-6,11,18H,7-8H2,1-2H3. The molecular formula is C13H16FN3OS2. The van der Waals surface area contributed by atoms with Gasteiger partial charge in [-0.05, 0) is 31.0 Å². The number of halogens is 1. The van der Waals surface area contributed by atoms with Crippen LogP contribution in [-0.4, -0.2) is 40.1 Å². The zero-order valence-corrected chi connectivity index (χ0v) is 12.9. The Labute approximate surface area is 125 Å². The Hall–Kier alpha value is -1.02. The van der Waals surface area contributed by atoms with Crippen molar-refractivity contribution < 1.29 is 9.50 Å². The fourth-order valence-corrected chi connectivity index (χ4v) is 3.30. The summed E-state index contributed by atoms with van der Waals surface area (Å²) in [7, 11) is 1.88. The number of hydrogen-bond donors (Lipinski definition) is 1. The summed E-state index contributed by atoms with van der Waals surface area (Å²) in [6.07, 6.45) is 1.96. The second kappa shape index (κ2) is 7.12. The summed E-state index contributed by atoms with van der Waals surface area (Å²) in [5, 5.41) is 18.6. The molecule has 1 N–H and O–H groups in total. The van der Waals surface area contributed by atoms with E-state index in [1.54, 1.807) is 17.8 Å². The molecule has 0 radical (unpaired) electrons. The summed E-state index contributed by atoms with van der Waals surface area (Å²) in [6.45, 7) is 0.494. The van der Waals surface area contributed by atoms with E-state index in [1.165, 1.54) is 23.5 Å². The Kier molecular flexibility index (Phi) is 5.47. The number of aromatic nitrogens is 2. The number of nitrogens with zero attached hydrogens (tertiary/aromatic N) is 3. The van der Waals surface area contributed by atoms with Crippen molar-refractivity contribution in [3.8, 4) is 0 Å². The first-order valence-corrected chi connectivity index (χ1v) is 8.11. The monoisotopic (exact) mass is 313 g/mol. The van der Waals surface area contributed by atoms with Crippen molar-refractivity contribution in [3.63, 3.8) is 0 Å². The molecule has 0 aliphatic carbocycles. The van der Waals surface area contributed by atoms with Gasteiger partial charge >= 0.3 is 0 Å². The highest BCUT2D eigenvalue weighted by atomic mass is 32.2. The van der Waals surface area contributed by atoms with E-state index in [9.17, 15) is 9.50 Å². The van der Waals surface area contributed by atoms with Crippen LogP contribution in [0.15, 0.2) is 28.6 Å². The average Bonchev–Trinajstić information content (AvgIpc) is 2.87. The SMILES string of the molecule is CSc1nnc(CN(C)C(CO)c2cccc(F)c2)s1. The molecule has 0 aliphatic heterocycles. The minimum atomic E-state index is -0.296. The smallest absolute Gasteiger partial charge is 0.174 e. The number of hydrogen-bond acceptors (Lipinski definition) is 6. The highest BCUT2D eigenvalue weighted by Gasteiger charge is 2.18. The lowest BCUT2D eigenvalue weighted by molar-refractivity contribution is 0.142. The topological polar surface area (TPSA) is 49.2 Å². The van der Waals surface area contributed by atoms with Gasteiger partial charge < -0.3 is 5.11 Å². The molecule has 0 bridgehead atoms. The van der Waals surface area contributed by atoms with Crippen LogP contribution in [0.3, 0.4) is 0 Å². The van der Waals surface area contributed by atoms with Crippen molar-refractivity contribution in [2.45, 2.75) is 16.9 Å². The van der Waals surface area contributed by atoms with Crippen LogP contribution in [0, 0.1) is 5.82 Å². The molecule has 0 spiro atoms. The predicted octanol–water partition coefficient (Wildman–Crippen LogP) is 2.56. The summed E-state index contributed by atoms with van der Waals surface area (Å²) >= 11 is 3.09. The molecule has 4 nitrogen and oxygen atoms in total. The van der Waals surface area contributed by atoms with Gasteiger partial charge in [-0.25, -0.2) is 4.39 Å². The lowest BCUT2D eigenvalue weighted by Crippen LogP contribution is -2.27. The van der Waals surface area contributed by atoms with Crippen molar-refractivity contribution in [3.05, 3.63) is 40.7 Å². The third kappa shape index (κ3) is 3.76. The molecule has 2 rings (SSSR count). The highest BCUT2D eigenvalue weighted by molar-refractivity contribution is 8.00. The maximum atomic E-state index is 13.3. The predicted molar refractivity (Wildman–Crippen MR) is 79.4 cm³/mol. The van der Waals surface area contributed by atoms with E-state index < -0.39 is 0 Å². The van der Waals surface area contributed by atoms with Gasteiger partial charge in [0.1, 0.15) is 10.8 Å². The molecule has 0 saturated carbocycles. The first kappa shape index (κ1) is 15.4. The lowest BCUT2D eigenvalue weighted by atomic mass is 10.1. The first-order chi connectivity index (χ1) is 9.63. The summed E-state index contributed by atoms with van der Waals surface area (Å²) in [4.78, 5) is 1.94. The molecule has 20 heavy (non-hydrogen) atoms. The van der Waals surface area contributed by atoms with Crippen LogP contribution in [0.5, 0.6) is 0 Å².